The molecule has 1 aromatic heterocycles. The number of hydrogen-bond acceptors (Lipinski definition) is 5. The standard InChI is InChI=1S/C11H16N2O3/c1-2-3-9-10(16-11(14)15-9)8-13-6-4-12-5-7-13/h2,12H,1,3-8H2. The molecule has 0 unspecified atom stereocenters. The smallest absolute Gasteiger partial charge is 0.395 e. The lowest BCUT2D eigenvalue weighted by molar-refractivity contribution is 0.213. The minimum atomic E-state index is -0.623. The molecule has 0 amide bonds. The van der Waals surface area contributed by atoms with Crippen molar-refractivity contribution in [2.75, 3.05) is 26.2 Å². The molecule has 1 N–H and O–H groups in total. The SMILES string of the molecule is C=CCc1oc(=O)oc1CN1CCNCC1. The maximum Gasteiger partial charge on any atom is 0.519 e. The highest BCUT2D eigenvalue weighted by molar-refractivity contribution is 5.07. The van der Waals surface area contributed by atoms with E-state index < -0.39 is 5.82 Å². The van der Waals surface area contributed by atoms with Crippen LogP contribution in [0.25, 0.3) is 0 Å². The Bertz CT molecular complexity index is 402. The molecule has 0 radical (unpaired) electrons. The largest absolute Gasteiger partial charge is 0.519 e. The second kappa shape index (κ2) is 5.14. The van der Waals surface area contributed by atoms with Crippen molar-refractivity contribution in [3.05, 3.63) is 34.8 Å². The van der Waals surface area contributed by atoms with Crippen LogP contribution in [0.2, 0.25) is 0 Å². The van der Waals surface area contributed by atoms with Crippen molar-refractivity contribution in [1.82, 2.24) is 10.2 Å². The summed E-state index contributed by atoms with van der Waals surface area (Å²) in [5, 5.41) is 3.27. The van der Waals surface area contributed by atoms with Crippen LogP contribution in [0.4, 0.5) is 0 Å². The third-order valence-electron chi connectivity index (χ3n) is 2.63. The van der Waals surface area contributed by atoms with E-state index in [4.69, 9.17) is 8.83 Å². The molecule has 0 saturated carbocycles. The Hall–Kier alpha value is -1.33. The summed E-state index contributed by atoms with van der Waals surface area (Å²) in [6.07, 6.45) is 2.24. The van der Waals surface area contributed by atoms with Crippen molar-refractivity contribution in [2.45, 2.75) is 13.0 Å². The molecule has 1 fully saturated rings. The third-order valence-corrected chi connectivity index (χ3v) is 2.63. The van der Waals surface area contributed by atoms with Gasteiger partial charge in [0, 0.05) is 32.6 Å². The van der Waals surface area contributed by atoms with Gasteiger partial charge in [-0.15, -0.1) is 6.58 Å². The van der Waals surface area contributed by atoms with E-state index in [0.717, 1.165) is 26.2 Å². The Balaban J connectivity index is 2.06. The molecule has 2 rings (SSSR count). The van der Waals surface area contributed by atoms with Gasteiger partial charge in [-0.05, 0) is 0 Å². The van der Waals surface area contributed by atoms with Crippen molar-refractivity contribution in [2.24, 2.45) is 0 Å². The molecule has 0 aromatic carbocycles. The van der Waals surface area contributed by atoms with E-state index in [9.17, 15) is 4.79 Å². The van der Waals surface area contributed by atoms with E-state index in [2.05, 4.69) is 16.8 Å². The van der Waals surface area contributed by atoms with Gasteiger partial charge in [0.2, 0.25) is 0 Å². The van der Waals surface area contributed by atoms with Gasteiger partial charge in [0.05, 0.1) is 6.54 Å². The van der Waals surface area contributed by atoms with Gasteiger partial charge in [-0.25, -0.2) is 4.79 Å². The number of nitrogens with zero attached hydrogens (tertiary/aromatic N) is 1. The average Bonchev–Trinajstić information content (AvgIpc) is 2.61. The summed E-state index contributed by atoms with van der Waals surface area (Å²) in [4.78, 5) is 13.3. The molecule has 1 aliphatic rings. The fourth-order valence-corrected chi connectivity index (χ4v) is 1.82. The Morgan fingerprint density at radius 2 is 2.00 bits per heavy atom. The second-order valence-corrected chi connectivity index (χ2v) is 3.82. The van der Waals surface area contributed by atoms with Crippen molar-refractivity contribution < 1.29 is 8.83 Å². The van der Waals surface area contributed by atoms with Gasteiger partial charge in [0.25, 0.3) is 0 Å². The molecular formula is C11H16N2O3. The number of rotatable bonds is 4. The summed E-state index contributed by atoms with van der Waals surface area (Å²) in [5.74, 6) is 0.604. The van der Waals surface area contributed by atoms with Gasteiger partial charge in [-0.1, -0.05) is 6.08 Å². The van der Waals surface area contributed by atoms with Crippen LogP contribution in [0.3, 0.4) is 0 Å². The zero-order chi connectivity index (χ0) is 11.4. The topological polar surface area (TPSA) is 58.6 Å². The van der Waals surface area contributed by atoms with E-state index in [-0.39, 0.29) is 0 Å². The zero-order valence-corrected chi connectivity index (χ0v) is 9.20. The van der Waals surface area contributed by atoms with Crippen LogP contribution in [0.1, 0.15) is 11.5 Å². The van der Waals surface area contributed by atoms with Gasteiger partial charge in [0.1, 0.15) is 0 Å². The van der Waals surface area contributed by atoms with E-state index in [1.54, 1.807) is 6.08 Å². The van der Waals surface area contributed by atoms with E-state index >= 15 is 0 Å². The predicted octanol–water partition coefficient (Wildman–Crippen LogP) is 0.367. The summed E-state index contributed by atoms with van der Waals surface area (Å²) in [6.45, 7) is 8.13. The molecule has 16 heavy (non-hydrogen) atoms. The molecule has 5 nitrogen and oxygen atoms in total. The normalized spacial score (nSPS) is 17.5. The number of allylic oxidation sites excluding steroid dienone is 1. The molecule has 0 spiro atoms. The summed E-state index contributed by atoms with van der Waals surface area (Å²) in [7, 11) is 0. The first-order chi connectivity index (χ1) is 7.79. The van der Waals surface area contributed by atoms with Gasteiger partial charge >= 0.3 is 5.82 Å². The Labute approximate surface area is 93.7 Å². The van der Waals surface area contributed by atoms with Gasteiger partial charge < -0.3 is 14.2 Å². The van der Waals surface area contributed by atoms with Crippen molar-refractivity contribution in [1.29, 1.82) is 0 Å². The van der Waals surface area contributed by atoms with Crippen LogP contribution in [-0.2, 0) is 13.0 Å². The van der Waals surface area contributed by atoms with Crippen LogP contribution < -0.4 is 11.1 Å². The van der Waals surface area contributed by atoms with Crippen molar-refractivity contribution in [3.8, 4) is 0 Å². The third kappa shape index (κ3) is 2.62. The molecule has 0 atom stereocenters. The van der Waals surface area contributed by atoms with E-state index in [1.165, 1.54) is 0 Å². The summed E-state index contributed by atoms with van der Waals surface area (Å²) in [6, 6.07) is 0. The van der Waals surface area contributed by atoms with Crippen LogP contribution in [0, 0.1) is 0 Å². The van der Waals surface area contributed by atoms with Crippen LogP contribution in [0.5, 0.6) is 0 Å². The fraction of sp³-hybridized carbons (Fsp3) is 0.545. The fourth-order valence-electron chi connectivity index (χ4n) is 1.82. The maximum atomic E-state index is 11.0. The quantitative estimate of drug-likeness (QED) is 0.749. The van der Waals surface area contributed by atoms with E-state index in [1.807, 2.05) is 0 Å². The molecule has 2 heterocycles. The molecule has 88 valence electrons. The summed E-state index contributed by atoms with van der Waals surface area (Å²) < 4.78 is 10.00. The van der Waals surface area contributed by atoms with Crippen LogP contribution in [-0.4, -0.2) is 31.1 Å². The average molecular weight is 224 g/mol. The number of hydrogen-bond donors (Lipinski definition) is 1. The molecular weight excluding hydrogens is 208 g/mol. The first kappa shape index (κ1) is 11.2. The summed E-state index contributed by atoms with van der Waals surface area (Å²) in [5.41, 5.74) is 0. The minimum absolute atomic E-state index is 0.535. The summed E-state index contributed by atoms with van der Waals surface area (Å²) >= 11 is 0. The number of piperazine rings is 1. The minimum Gasteiger partial charge on any atom is -0.395 e. The predicted molar refractivity (Wildman–Crippen MR) is 59.3 cm³/mol. The Morgan fingerprint density at radius 1 is 1.31 bits per heavy atom. The highest BCUT2D eigenvalue weighted by atomic mass is 16.6. The lowest BCUT2D eigenvalue weighted by atomic mass is 10.2. The Morgan fingerprint density at radius 3 is 2.69 bits per heavy atom. The molecule has 5 heteroatoms. The van der Waals surface area contributed by atoms with E-state index in [0.29, 0.717) is 24.5 Å². The first-order valence-corrected chi connectivity index (χ1v) is 5.45. The maximum absolute atomic E-state index is 11.0. The molecule has 0 aliphatic carbocycles. The molecule has 0 bridgehead atoms. The highest BCUT2D eigenvalue weighted by Gasteiger charge is 2.17. The van der Waals surface area contributed by atoms with Crippen LogP contribution in [0.15, 0.2) is 26.3 Å². The zero-order valence-electron chi connectivity index (χ0n) is 9.20. The monoisotopic (exact) mass is 224 g/mol. The number of nitrogens with one attached hydrogen (secondary N) is 1. The van der Waals surface area contributed by atoms with Crippen molar-refractivity contribution >= 4 is 0 Å². The molecule has 1 aromatic rings. The first-order valence-electron chi connectivity index (χ1n) is 5.45. The van der Waals surface area contributed by atoms with Gasteiger partial charge in [-0.3, -0.25) is 4.90 Å². The highest BCUT2D eigenvalue weighted by Crippen LogP contribution is 2.11. The van der Waals surface area contributed by atoms with Crippen molar-refractivity contribution in [3.63, 3.8) is 0 Å². The lowest BCUT2D eigenvalue weighted by Gasteiger charge is -2.26. The van der Waals surface area contributed by atoms with Gasteiger partial charge in [-0.2, -0.15) is 0 Å². The second-order valence-electron chi connectivity index (χ2n) is 3.82. The van der Waals surface area contributed by atoms with Crippen LogP contribution >= 0.6 is 0 Å². The Kier molecular flexibility index (Phi) is 3.58. The van der Waals surface area contributed by atoms with Gasteiger partial charge in [0.15, 0.2) is 11.5 Å². The lowest BCUT2D eigenvalue weighted by Crippen LogP contribution is -2.42. The molecule has 1 aliphatic heterocycles. The molecule has 1 saturated heterocycles.